The van der Waals surface area contributed by atoms with E-state index in [9.17, 15) is 9.59 Å². The minimum Gasteiger partial charge on any atom is -0.355 e. The molecule has 3 rings (SSSR count). The number of carbonyl (C=O) groups excluding carboxylic acids is 2. The molecule has 1 aromatic rings. The van der Waals surface area contributed by atoms with Crippen molar-refractivity contribution in [1.29, 1.82) is 0 Å². The summed E-state index contributed by atoms with van der Waals surface area (Å²) in [5.74, 6) is 0.692. The van der Waals surface area contributed by atoms with Crippen LogP contribution in [0.5, 0.6) is 0 Å². The molecule has 1 aromatic heterocycles. The second-order valence-corrected chi connectivity index (χ2v) is 9.52. The number of hydrogen-bond acceptors (Lipinski definition) is 6. The van der Waals surface area contributed by atoms with Crippen molar-refractivity contribution in [3.05, 3.63) is 0 Å². The molecule has 1 atom stereocenters. The molecule has 0 aliphatic heterocycles. The number of carbonyl (C=O) groups is 2. The lowest BCUT2D eigenvalue weighted by atomic mass is 9.89. The number of hydrogen-bond donors (Lipinski definition) is 1. The smallest absolute Gasteiger partial charge is 0.233 e. The first-order valence-electron chi connectivity index (χ1n) is 9.12. The zero-order chi connectivity index (χ0) is 17.8. The highest BCUT2D eigenvalue weighted by Gasteiger charge is 2.34. The summed E-state index contributed by atoms with van der Waals surface area (Å²) in [6, 6.07) is 0.277. The quantitative estimate of drug-likeness (QED) is 0.579. The van der Waals surface area contributed by atoms with Gasteiger partial charge in [0.1, 0.15) is 0 Å². The Hall–Kier alpha value is -1.15. The van der Waals surface area contributed by atoms with E-state index >= 15 is 0 Å². The summed E-state index contributed by atoms with van der Waals surface area (Å²) in [5.41, 5.74) is 0. The Kier molecular flexibility index (Phi) is 6.33. The molecule has 2 saturated carbocycles. The van der Waals surface area contributed by atoms with Gasteiger partial charge in [-0.2, -0.15) is 0 Å². The zero-order valence-electron chi connectivity index (χ0n) is 14.9. The van der Waals surface area contributed by atoms with Crippen LogP contribution < -0.4 is 10.2 Å². The van der Waals surface area contributed by atoms with Crippen LogP contribution in [0.2, 0.25) is 0 Å². The summed E-state index contributed by atoms with van der Waals surface area (Å²) >= 11 is 2.81. The average Bonchev–Trinajstić information content (AvgIpc) is 3.32. The summed E-state index contributed by atoms with van der Waals surface area (Å²) in [7, 11) is 0. The van der Waals surface area contributed by atoms with Crippen LogP contribution in [0.3, 0.4) is 0 Å². The lowest BCUT2D eigenvalue weighted by molar-refractivity contribution is -0.120. The number of aromatic nitrogens is 2. The van der Waals surface area contributed by atoms with Crippen LogP contribution in [0.15, 0.2) is 4.34 Å². The fourth-order valence-corrected chi connectivity index (χ4v) is 5.34. The van der Waals surface area contributed by atoms with Gasteiger partial charge in [-0.1, -0.05) is 42.4 Å². The third-order valence-corrected chi connectivity index (χ3v) is 6.90. The molecular formula is C17H26N4O2S2. The van der Waals surface area contributed by atoms with Crippen LogP contribution in [-0.2, 0) is 9.59 Å². The third-order valence-electron chi connectivity index (χ3n) is 4.79. The van der Waals surface area contributed by atoms with Crippen molar-refractivity contribution in [2.24, 2.45) is 5.92 Å². The van der Waals surface area contributed by atoms with Crippen molar-refractivity contribution in [1.82, 2.24) is 15.5 Å². The summed E-state index contributed by atoms with van der Waals surface area (Å²) in [4.78, 5) is 25.8. The first-order valence-corrected chi connectivity index (χ1v) is 10.8. The average molecular weight is 383 g/mol. The molecule has 2 amide bonds. The summed E-state index contributed by atoms with van der Waals surface area (Å²) in [6.07, 6.45) is 8.41. The molecule has 2 fully saturated rings. The molecule has 1 N–H and O–H groups in total. The normalized spacial score (nSPS) is 19.4. The molecule has 25 heavy (non-hydrogen) atoms. The first-order chi connectivity index (χ1) is 12.0. The maximum atomic E-state index is 12.3. The predicted molar refractivity (Wildman–Crippen MR) is 101 cm³/mol. The van der Waals surface area contributed by atoms with Crippen molar-refractivity contribution in [2.45, 2.75) is 74.4 Å². The third kappa shape index (κ3) is 5.17. The zero-order valence-corrected chi connectivity index (χ0v) is 16.5. The number of rotatable bonds is 7. The van der Waals surface area contributed by atoms with Crippen molar-refractivity contribution in [3.63, 3.8) is 0 Å². The second kappa shape index (κ2) is 8.49. The molecule has 0 aromatic carbocycles. The van der Waals surface area contributed by atoms with Gasteiger partial charge in [-0.15, -0.1) is 10.2 Å². The molecule has 2 aliphatic rings. The van der Waals surface area contributed by atoms with E-state index in [1.54, 1.807) is 11.8 Å². The highest BCUT2D eigenvalue weighted by Crippen LogP contribution is 2.36. The summed E-state index contributed by atoms with van der Waals surface area (Å²) < 4.78 is 0.738. The van der Waals surface area contributed by atoms with Gasteiger partial charge in [0.05, 0.1) is 5.25 Å². The van der Waals surface area contributed by atoms with Crippen LogP contribution >= 0.6 is 23.1 Å². The lowest BCUT2D eigenvalue weighted by Crippen LogP contribution is -2.35. The van der Waals surface area contributed by atoms with Gasteiger partial charge in [0.25, 0.3) is 0 Å². The van der Waals surface area contributed by atoms with E-state index in [4.69, 9.17) is 0 Å². The van der Waals surface area contributed by atoms with Crippen LogP contribution in [0.1, 0.15) is 58.8 Å². The molecular weight excluding hydrogens is 356 g/mol. The van der Waals surface area contributed by atoms with Gasteiger partial charge >= 0.3 is 0 Å². The Labute approximate surface area is 157 Å². The molecule has 8 heteroatoms. The maximum Gasteiger partial charge on any atom is 0.233 e. The molecule has 6 nitrogen and oxygen atoms in total. The van der Waals surface area contributed by atoms with Crippen molar-refractivity contribution < 1.29 is 9.59 Å². The number of nitrogens with one attached hydrogen (secondary N) is 1. The monoisotopic (exact) mass is 382 g/mol. The molecule has 1 unspecified atom stereocenters. The SMILES string of the molecule is CC(=O)N(c1nnc(SC(C)C(=O)NCC2CCCCC2)s1)C1CC1. The molecule has 138 valence electrons. The van der Waals surface area contributed by atoms with Gasteiger partial charge in [-0.05, 0) is 38.5 Å². The van der Waals surface area contributed by atoms with Crippen LogP contribution in [0, 0.1) is 5.92 Å². The molecule has 0 spiro atoms. The highest BCUT2D eigenvalue weighted by molar-refractivity contribution is 8.02. The van der Waals surface area contributed by atoms with E-state index in [0.29, 0.717) is 11.0 Å². The van der Waals surface area contributed by atoms with E-state index in [-0.39, 0.29) is 23.1 Å². The minimum atomic E-state index is -0.212. The molecule has 0 radical (unpaired) electrons. The Bertz CT molecular complexity index is 612. The van der Waals surface area contributed by atoms with Gasteiger partial charge < -0.3 is 5.32 Å². The molecule has 2 aliphatic carbocycles. The number of nitrogens with zero attached hydrogens (tertiary/aromatic N) is 3. The van der Waals surface area contributed by atoms with E-state index in [0.717, 1.165) is 23.7 Å². The minimum absolute atomic E-state index is 0.00785. The van der Waals surface area contributed by atoms with Crippen LogP contribution in [-0.4, -0.2) is 39.8 Å². The molecule has 0 bridgehead atoms. The lowest BCUT2D eigenvalue weighted by Gasteiger charge is -2.22. The summed E-state index contributed by atoms with van der Waals surface area (Å²) in [5, 5.41) is 11.8. The fraction of sp³-hybridized carbons (Fsp3) is 0.765. The van der Waals surface area contributed by atoms with Gasteiger partial charge in [0, 0.05) is 19.5 Å². The van der Waals surface area contributed by atoms with Crippen LogP contribution in [0.4, 0.5) is 5.13 Å². The Morgan fingerprint density at radius 2 is 1.96 bits per heavy atom. The Morgan fingerprint density at radius 1 is 1.24 bits per heavy atom. The number of amides is 2. The van der Waals surface area contributed by atoms with Crippen molar-refractivity contribution in [2.75, 3.05) is 11.4 Å². The van der Waals surface area contributed by atoms with Crippen molar-refractivity contribution >= 4 is 40.0 Å². The van der Waals surface area contributed by atoms with Gasteiger partial charge in [0.2, 0.25) is 16.9 Å². The Balaban J connectivity index is 1.49. The van der Waals surface area contributed by atoms with Crippen molar-refractivity contribution in [3.8, 4) is 0 Å². The standard InChI is InChI=1S/C17H26N4O2S2/c1-11(15(23)18-10-13-6-4-3-5-7-13)24-17-20-19-16(25-17)21(12(2)22)14-8-9-14/h11,13-14H,3-10H2,1-2H3,(H,18,23). The molecule has 0 saturated heterocycles. The Morgan fingerprint density at radius 3 is 2.60 bits per heavy atom. The van der Waals surface area contributed by atoms with E-state index in [1.165, 1.54) is 55.2 Å². The van der Waals surface area contributed by atoms with Gasteiger partial charge in [0.15, 0.2) is 4.34 Å². The second-order valence-electron chi connectivity index (χ2n) is 6.98. The molecule has 1 heterocycles. The fourth-order valence-electron chi connectivity index (χ4n) is 3.21. The topological polar surface area (TPSA) is 75.2 Å². The van der Waals surface area contributed by atoms with E-state index in [2.05, 4.69) is 15.5 Å². The van der Waals surface area contributed by atoms with E-state index < -0.39 is 0 Å². The first kappa shape index (κ1) is 18.6. The highest BCUT2D eigenvalue weighted by atomic mass is 32.2. The van der Waals surface area contributed by atoms with E-state index in [1.807, 2.05) is 6.92 Å². The van der Waals surface area contributed by atoms with Crippen LogP contribution in [0.25, 0.3) is 0 Å². The largest absolute Gasteiger partial charge is 0.355 e. The summed E-state index contributed by atoms with van der Waals surface area (Å²) in [6.45, 7) is 4.24. The maximum absolute atomic E-state index is 12.3. The predicted octanol–water partition coefficient (Wildman–Crippen LogP) is 3.23. The number of thioether (sulfide) groups is 1. The number of anilines is 1. The van der Waals surface area contributed by atoms with Gasteiger partial charge in [-0.3, -0.25) is 14.5 Å². The van der Waals surface area contributed by atoms with Gasteiger partial charge in [-0.25, -0.2) is 0 Å².